The molecule has 0 aliphatic carbocycles. The maximum Gasteiger partial charge on any atom is 0.323 e. The topological polar surface area (TPSA) is 58.8 Å². The number of rotatable bonds is 3. The standard InChI is InChI=1S/C77H72N9O3/c1-4-17-58(18-5-1)63-44-66-75-69(47-63)88-85-38-32-56-27-25-53-14-10-15-55-31-37-84-72(41-55)81-52-80(68-46-65(48-70(87-84)76(68)81)60-21-8-3-9-22-60)36-13-24-62-40-54(16-11-34-78(66)50-82(75)73(85)42-56)29-30-61(62)23-12-35-79-51-83-74-43-57(28-26-53)33-39-86(74)89-71-49-64(45-67(79)77(71)83)59-19-6-2-7-20-59/h1-9,17-22,29-33,37-49,53H,10-16,23-28,34-36,50-52H2/q+3. The molecule has 10 aliphatic rings. The van der Waals surface area contributed by atoms with Crippen LogP contribution in [0.5, 0.6) is 17.2 Å². The highest BCUT2D eigenvalue weighted by molar-refractivity contribution is 5.93. The molecule has 7 aromatic carbocycles. The number of anilines is 9. The second kappa shape index (κ2) is 21.5. The molecule has 0 N–H and O–H groups in total. The van der Waals surface area contributed by atoms with Crippen molar-refractivity contribution in [2.75, 3.05) is 69.0 Å². The molecule has 0 amide bonds. The Morgan fingerprint density at radius 1 is 0.315 bits per heavy atom. The SMILES string of the molecule is c1ccc(-c2cc3c4c(c2)N2CCCc5ccc6c(c5)CCCN5CN7c8c(cc(-c9ccccc9)cc85)O[n+]5ccc(cc57)CCCC(CCc5cc[n+](c(c5)N4C2)O3)CCc2cc[n+]3c(c2)N2CN(CCC6)c4cc(-c5ccccc5)cc(c42)O3)cc1. The van der Waals surface area contributed by atoms with Crippen molar-refractivity contribution in [2.24, 2.45) is 5.92 Å². The first-order valence-corrected chi connectivity index (χ1v) is 32.6. The Kier molecular flexibility index (Phi) is 12.6. The van der Waals surface area contributed by atoms with Gasteiger partial charge in [-0.25, -0.2) is 14.7 Å². The van der Waals surface area contributed by atoms with E-state index >= 15 is 0 Å². The average Bonchev–Trinajstić information content (AvgIpc) is 1.71. The van der Waals surface area contributed by atoms with Crippen molar-refractivity contribution in [3.05, 3.63) is 234 Å². The van der Waals surface area contributed by atoms with E-state index in [0.29, 0.717) is 5.92 Å². The summed E-state index contributed by atoms with van der Waals surface area (Å²) in [5, 5.41) is 0. The fourth-order valence-corrected chi connectivity index (χ4v) is 15.6. The van der Waals surface area contributed by atoms with Gasteiger partial charge in [-0.05, 0) is 219 Å². The molecule has 3 aromatic heterocycles. The molecule has 0 radical (unpaired) electrons. The normalized spacial score (nSPS) is 17.7. The molecule has 0 saturated heterocycles. The second-order valence-corrected chi connectivity index (χ2v) is 25.8. The van der Waals surface area contributed by atoms with E-state index in [1.165, 1.54) is 101 Å². The van der Waals surface area contributed by atoms with E-state index in [4.69, 9.17) is 14.5 Å². The number of aryl methyl sites for hydroxylation is 6. The van der Waals surface area contributed by atoms with E-state index in [9.17, 15) is 0 Å². The summed E-state index contributed by atoms with van der Waals surface area (Å²) in [4.78, 5) is 36.1. The first-order valence-electron chi connectivity index (χ1n) is 32.6. The molecule has 12 heteroatoms. The van der Waals surface area contributed by atoms with Crippen LogP contribution < -0.4 is 58.1 Å². The molecule has 20 rings (SSSR count). The zero-order chi connectivity index (χ0) is 58.5. The zero-order valence-corrected chi connectivity index (χ0v) is 50.3. The lowest BCUT2D eigenvalue weighted by Gasteiger charge is -2.23. The monoisotopic (exact) mass is 1170 g/mol. The number of hydrogen-bond donors (Lipinski definition) is 0. The largest absolute Gasteiger partial charge is 0.332 e. The van der Waals surface area contributed by atoms with Gasteiger partial charge in [-0.3, -0.25) is 14.5 Å². The number of benzene rings is 7. The van der Waals surface area contributed by atoms with Crippen molar-refractivity contribution in [2.45, 2.75) is 83.5 Å². The Balaban J connectivity index is 0.747. The van der Waals surface area contributed by atoms with Crippen LogP contribution in [0.2, 0.25) is 0 Å². The lowest BCUT2D eigenvalue weighted by Crippen LogP contribution is -2.48. The van der Waals surface area contributed by atoms with Crippen LogP contribution in [0.3, 0.4) is 0 Å². The Morgan fingerprint density at radius 2 is 0.697 bits per heavy atom. The highest BCUT2D eigenvalue weighted by atomic mass is 16.7. The number of hydrogen-bond acceptors (Lipinski definition) is 9. The van der Waals surface area contributed by atoms with Gasteiger partial charge in [-0.1, -0.05) is 116 Å². The molecule has 0 saturated carbocycles. The predicted molar refractivity (Wildman–Crippen MR) is 351 cm³/mol. The summed E-state index contributed by atoms with van der Waals surface area (Å²) in [6.45, 7) is 5.10. The number of pyridine rings is 3. The van der Waals surface area contributed by atoms with Crippen LogP contribution in [0, 0.1) is 5.92 Å². The number of aromatic nitrogens is 3. The zero-order valence-electron chi connectivity index (χ0n) is 50.3. The molecule has 10 aromatic rings. The van der Waals surface area contributed by atoms with E-state index < -0.39 is 0 Å². The van der Waals surface area contributed by atoms with Gasteiger partial charge in [-0.2, -0.15) is 0 Å². The molecular weight excluding hydrogens is 1100 g/mol. The summed E-state index contributed by atoms with van der Waals surface area (Å²) >= 11 is 0. The van der Waals surface area contributed by atoms with Gasteiger partial charge in [0.2, 0.25) is 34.3 Å². The first kappa shape index (κ1) is 52.3. The molecule has 0 fully saturated rings. The van der Waals surface area contributed by atoms with Gasteiger partial charge in [0.05, 0.1) is 17.1 Å². The molecule has 10 aliphatic heterocycles. The summed E-state index contributed by atoms with van der Waals surface area (Å²) in [6, 6.07) is 68.0. The van der Waals surface area contributed by atoms with Crippen molar-refractivity contribution in [3.63, 3.8) is 0 Å². The van der Waals surface area contributed by atoms with Crippen molar-refractivity contribution in [1.82, 2.24) is 0 Å². The third kappa shape index (κ3) is 9.36. The number of fused-ring (bicyclic) bond motifs is 5. The molecule has 0 spiro atoms. The van der Waals surface area contributed by atoms with Gasteiger partial charge in [0.25, 0.3) is 0 Å². The lowest BCUT2D eigenvalue weighted by molar-refractivity contribution is -0.866. The summed E-state index contributed by atoms with van der Waals surface area (Å²) in [5.74, 6) is 6.49. The minimum absolute atomic E-state index is 0.499. The van der Waals surface area contributed by atoms with Crippen LogP contribution in [-0.2, 0) is 38.5 Å². The fourth-order valence-electron chi connectivity index (χ4n) is 15.6. The van der Waals surface area contributed by atoms with Gasteiger partial charge >= 0.3 is 17.5 Å². The Morgan fingerprint density at radius 3 is 1.13 bits per heavy atom. The molecule has 89 heavy (non-hydrogen) atoms. The van der Waals surface area contributed by atoms with E-state index in [0.717, 1.165) is 158 Å². The molecule has 440 valence electrons. The van der Waals surface area contributed by atoms with Gasteiger partial charge in [0, 0.05) is 37.8 Å². The summed E-state index contributed by atoms with van der Waals surface area (Å²) < 4.78 is 6.02. The van der Waals surface area contributed by atoms with Crippen molar-refractivity contribution in [1.29, 1.82) is 0 Å². The molecule has 1 atom stereocenters. The summed E-state index contributed by atoms with van der Waals surface area (Å²) in [7, 11) is 0. The van der Waals surface area contributed by atoms with Crippen molar-refractivity contribution >= 4 is 51.6 Å². The van der Waals surface area contributed by atoms with Gasteiger partial charge in [0.15, 0.2) is 20.0 Å². The minimum Gasteiger partial charge on any atom is -0.332 e. The van der Waals surface area contributed by atoms with Crippen LogP contribution >= 0.6 is 0 Å². The predicted octanol–water partition coefficient (Wildman–Crippen LogP) is 14.5. The minimum atomic E-state index is 0.499. The van der Waals surface area contributed by atoms with Crippen molar-refractivity contribution in [3.8, 4) is 50.6 Å². The van der Waals surface area contributed by atoms with Gasteiger partial charge < -0.3 is 14.7 Å². The average molecular weight is 1170 g/mol. The molecule has 16 bridgehead atoms. The Labute approximate surface area is 520 Å². The fraction of sp³-hybridized carbons (Fsp3) is 0.260. The first-order chi connectivity index (χ1) is 44.0. The van der Waals surface area contributed by atoms with Crippen LogP contribution in [0.1, 0.15) is 78.3 Å². The highest BCUT2D eigenvalue weighted by Crippen LogP contribution is 2.54. The van der Waals surface area contributed by atoms with E-state index in [1.54, 1.807) is 0 Å². The van der Waals surface area contributed by atoms with Gasteiger partial charge in [0.1, 0.15) is 18.6 Å². The molecule has 1 unspecified atom stereocenters. The maximum absolute atomic E-state index is 6.92. The smallest absolute Gasteiger partial charge is 0.323 e. The van der Waals surface area contributed by atoms with Crippen LogP contribution in [0.25, 0.3) is 33.4 Å². The molecular formula is C77H72N9O3+3. The summed E-state index contributed by atoms with van der Waals surface area (Å²) in [6.07, 6.45) is 19.9. The van der Waals surface area contributed by atoms with Crippen molar-refractivity contribution < 1.29 is 28.7 Å². The van der Waals surface area contributed by atoms with Crippen LogP contribution in [0.15, 0.2) is 201 Å². The quantitative estimate of drug-likeness (QED) is 0.161. The molecule has 12 nitrogen and oxygen atoms in total. The third-order valence-electron chi connectivity index (χ3n) is 20.2. The highest BCUT2D eigenvalue weighted by Gasteiger charge is 2.46. The molecule has 13 heterocycles. The summed E-state index contributed by atoms with van der Waals surface area (Å²) in [5.41, 5.74) is 22.7. The third-order valence-corrected chi connectivity index (χ3v) is 20.2. The van der Waals surface area contributed by atoms with E-state index in [2.05, 4.69) is 230 Å². The van der Waals surface area contributed by atoms with E-state index in [-0.39, 0.29) is 0 Å². The van der Waals surface area contributed by atoms with Gasteiger partial charge in [-0.15, -0.1) is 0 Å². The Hall–Kier alpha value is -9.81. The van der Waals surface area contributed by atoms with E-state index in [1.807, 2.05) is 14.2 Å². The van der Waals surface area contributed by atoms with Crippen LogP contribution in [0.4, 0.5) is 51.6 Å². The number of nitrogens with zero attached hydrogens (tertiary/aromatic N) is 9. The Bertz CT molecular complexity index is 4430. The maximum atomic E-state index is 6.92. The van der Waals surface area contributed by atoms with Crippen LogP contribution in [-0.4, -0.2) is 39.6 Å². The lowest BCUT2D eigenvalue weighted by atomic mass is 9.88. The second-order valence-electron chi connectivity index (χ2n) is 25.8.